The van der Waals surface area contributed by atoms with Crippen LogP contribution in [0.3, 0.4) is 0 Å². The second-order valence-corrected chi connectivity index (χ2v) is 16.2. The number of fused-ring (bicyclic) bond motifs is 2. The standard InChI is InChI=1S/C40H41ClF3N9O5S.ClH/c1-4-22-11-26(53-38(59)52(37(57)39(53,2)3)27-16-30(40(42,43)44)32(17-45)46-18-27)5-7-33(22)58-10-9-50-19-29-15-28(50)20-51(29)21-35(55)48-25-13-23(41)12-24(14-25)47-31-6-8-34(54)49-36(31)56;/h5,7,11-14,16,18,28-29,31,47H,4,6,8-10,15,19-21H2,1-3H3,(H,48,55)(H,49,54,56);1H. The van der Waals surface area contributed by atoms with E-state index in [2.05, 4.69) is 30.7 Å². The van der Waals surface area contributed by atoms with E-state index in [4.69, 9.17) is 28.6 Å². The summed E-state index contributed by atoms with van der Waals surface area (Å²) in [5.41, 5.74) is -1.03. The van der Waals surface area contributed by atoms with Gasteiger partial charge in [-0.2, -0.15) is 18.4 Å². The van der Waals surface area contributed by atoms with Crippen LogP contribution in [-0.2, 0) is 31.8 Å². The second kappa shape index (κ2) is 17.5. The maximum atomic E-state index is 13.7. The Morgan fingerprint density at radius 2 is 1.80 bits per heavy atom. The number of piperidine rings is 1. The zero-order chi connectivity index (χ0) is 42.4. The molecule has 4 aliphatic heterocycles. The minimum Gasteiger partial charge on any atom is -0.492 e. The molecule has 0 saturated carbocycles. The first-order valence-corrected chi connectivity index (χ1v) is 19.9. The molecule has 7 rings (SSSR count). The molecule has 4 fully saturated rings. The van der Waals surface area contributed by atoms with Crippen molar-refractivity contribution < 1.29 is 37.1 Å². The minimum absolute atomic E-state index is 0. The zero-order valence-electron chi connectivity index (χ0n) is 32.8. The summed E-state index contributed by atoms with van der Waals surface area (Å²) in [6.07, 6.45) is -1.71. The van der Waals surface area contributed by atoms with E-state index in [0.29, 0.717) is 53.8 Å². The number of ether oxygens (including phenoxy) is 1. The number of carbonyl (C=O) groups is 4. The summed E-state index contributed by atoms with van der Waals surface area (Å²) in [5.74, 6) is -0.785. The van der Waals surface area contributed by atoms with Gasteiger partial charge in [-0.25, -0.2) is 4.98 Å². The summed E-state index contributed by atoms with van der Waals surface area (Å²) < 4.78 is 47.5. The molecular formula is C40H42Cl2F3N9O5S. The van der Waals surface area contributed by atoms with E-state index in [1.807, 2.05) is 13.0 Å². The maximum absolute atomic E-state index is 13.7. The molecule has 5 heterocycles. The van der Waals surface area contributed by atoms with Crippen molar-refractivity contribution in [2.45, 2.75) is 76.3 Å². The van der Waals surface area contributed by atoms with Gasteiger partial charge in [0.25, 0.3) is 5.91 Å². The number of hydrogen-bond donors (Lipinski definition) is 3. The Hall–Kier alpha value is -5.06. The number of nitrogens with one attached hydrogen (secondary N) is 3. The highest BCUT2D eigenvalue weighted by atomic mass is 35.5. The smallest absolute Gasteiger partial charge is 0.419 e. The molecule has 2 aromatic carbocycles. The number of anilines is 4. The van der Waals surface area contributed by atoms with E-state index in [0.717, 1.165) is 42.2 Å². The Morgan fingerprint density at radius 3 is 2.47 bits per heavy atom. The number of nitrogens with zero attached hydrogens (tertiary/aromatic N) is 6. The van der Waals surface area contributed by atoms with E-state index in [1.54, 1.807) is 49.1 Å². The van der Waals surface area contributed by atoms with Crippen molar-refractivity contribution in [3.63, 3.8) is 0 Å². The van der Waals surface area contributed by atoms with Crippen LogP contribution in [0.4, 0.5) is 35.9 Å². The van der Waals surface area contributed by atoms with Crippen LogP contribution in [0, 0.1) is 11.3 Å². The third-order valence-electron chi connectivity index (χ3n) is 11.1. The fourth-order valence-corrected chi connectivity index (χ4v) is 8.95. The number of imide groups is 1. The van der Waals surface area contributed by atoms with Crippen LogP contribution in [0.15, 0.2) is 48.7 Å². The number of alkyl halides is 3. The quantitative estimate of drug-likeness (QED) is 0.155. The van der Waals surface area contributed by atoms with Gasteiger partial charge in [-0.1, -0.05) is 18.5 Å². The second-order valence-electron chi connectivity index (χ2n) is 15.4. The van der Waals surface area contributed by atoms with Crippen molar-refractivity contribution in [1.82, 2.24) is 20.1 Å². The van der Waals surface area contributed by atoms with Crippen molar-refractivity contribution in [1.29, 1.82) is 5.26 Å². The van der Waals surface area contributed by atoms with Gasteiger partial charge >= 0.3 is 6.18 Å². The lowest BCUT2D eigenvalue weighted by molar-refractivity contribution is -0.138. The van der Waals surface area contributed by atoms with E-state index in [-0.39, 0.29) is 60.1 Å². The van der Waals surface area contributed by atoms with E-state index >= 15 is 0 Å². The van der Waals surface area contributed by atoms with Gasteiger partial charge in [0.15, 0.2) is 10.8 Å². The molecule has 0 aliphatic carbocycles. The number of hydrogen-bond acceptors (Lipinski definition) is 11. The largest absolute Gasteiger partial charge is 0.492 e. The number of thiocarbonyl (C=S) groups is 1. The summed E-state index contributed by atoms with van der Waals surface area (Å²) in [6, 6.07) is 12.5. The Labute approximate surface area is 360 Å². The summed E-state index contributed by atoms with van der Waals surface area (Å²) >= 11 is 12.0. The lowest BCUT2D eigenvalue weighted by atomic mass is 10.0. The predicted octanol–water partition coefficient (Wildman–Crippen LogP) is 5.52. The molecule has 14 nitrogen and oxygen atoms in total. The molecule has 0 radical (unpaired) electrons. The zero-order valence-corrected chi connectivity index (χ0v) is 35.2. The SMILES string of the molecule is CCc1cc(N2C(=S)N(c3cnc(C#N)c(C(F)(F)F)c3)C(=O)C2(C)C)ccc1OCCN1CC2CC1CN2CC(=O)Nc1cc(Cl)cc(NC2CCC(=O)NC2=O)c1.Cl. The molecule has 2 bridgehead atoms. The van der Waals surface area contributed by atoms with Crippen LogP contribution in [0.2, 0.25) is 5.02 Å². The van der Waals surface area contributed by atoms with Crippen molar-refractivity contribution in [3.05, 3.63) is 70.5 Å². The molecule has 4 amide bonds. The van der Waals surface area contributed by atoms with Crippen LogP contribution >= 0.6 is 36.2 Å². The first kappa shape index (κ1) is 44.5. The van der Waals surface area contributed by atoms with Gasteiger partial charge in [0.2, 0.25) is 17.7 Å². The van der Waals surface area contributed by atoms with Crippen LogP contribution in [0.5, 0.6) is 5.75 Å². The van der Waals surface area contributed by atoms with Gasteiger partial charge < -0.3 is 20.3 Å². The third-order valence-corrected chi connectivity index (χ3v) is 11.7. The molecule has 60 heavy (non-hydrogen) atoms. The number of aromatic nitrogens is 1. The van der Waals surface area contributed by atoms with E-state index in [9.17, 15) is 37.6 Å². The van der Waals surface area contributed by atoms with Crippen LogP contribution < -0.4 is 30.5 Å². The van der Waals surface area contributed by atoms with Gasteiger partial charge in [-0.3, -0.25) is 39.2 Å². The summed E-state index contributed by atoms with van der Waals surface area (Å²) in [5, 5.41) is 17.9. The maximum Gasteiger partial charge on any atom is 0.419 e. The predicted molar refractivity (Wildman–Crippen MR) is 224 cm³/mol. The number of aryl methyl sites for hydroxylation is 1. The number of rotatable bonds is 12. The first-order chi connectivity index (χ1) is 28.0. The highest BCUT2D eigenvalue weighted by Gasteiger charge is 2.51. The Bertz CT molecular complexity index is 2280. The molecule has 3 unspecified atom stereocenters. The van der Waals surface area contributed by atoms with Crippen LogP contribution in [0.1, 0.15) is 56.9 Å². The monoisotopic (exact) mass is 887 g/mol. The first-order valence-electron chi connectivity index (χ1n) is 19.1. The lowest BCUT2D eigenvalue weighted by Crippen LogP contribution is -2.49. The van der Waals surface area contributed by atoms with E-state index in [1.165, 1.54) is 6.07 Å². The number of carbonyl (C=O) groups excluding carboxylic acids is 4. The fourth-order valence-electron chi connectivity index (χ4n) is 8.19. The summed E-state index contributed by atoms with van der Waals surface area (Å²) in [7, 11) is 0. The van der Waals surface area contributed by atoms with Crippen LogP contribution in [0.25, 0.3) is 0 Å². The molecule has 3 aromatic rings. The van der Waals surface area contributed by atoms with Gasteiger partial charge in [-0.15, -0.1) is 12.4 Å². The van der Waals surface area contributed by atoms with Crippen molar-refractivity contribution >= 4 is 87.7 Å². The van der Waals surface area contributed by atoms with Crippen LogP contribution in [-0.4, -0.2) is 100.0 Å². The number of amides is 4. The molecule has 0 spiro atoms. The molecule has 1 aromatic heterocycles. The fraction of sp³-hybridized carbons (Fsp3) is 0.425. The molecular weight excluding hydrogens is 846 g/mol. The molecule has 4 aliphatic rings. The minimum atomic E-state index is -4.86. The Kier molecular flexibility index (Phi) is 13.0. The third kappa shape index (κ3) is 9.00. The number of piperazine rings is 1. The highest BCUT2D eigenvalue weighted by Crippen LogP contribution is 2.40. The summed E-state index contributed by atoms with van der Waals surface area (Å²) in [6.45, 7) is 8.03. The Morgan fingerprint density at radius 1 is 1.08 bits per heavy atom. The summed E-state index contributed by atoms with van der Waals surface area (Å²) in [4.78, 5) is 61.3. The van der Waals surface area contributed by atoms with E-state index < -0.39 is 40.8 Å². The van der Waals surface area contributed by atoms with Crippen molar-refractivity contribution in [3.8, 4) is 11.8 Å². The molecule has 3 atom stereocenters. The van der Waals surface area contributed by atoms with Crippen molar-refractivity contribution in [2.24, 2.45) is 0 Å². The number of pyridine rings is 1. The van der Waals surface area contributed by atoms with Gasteiger partial charge in [-0.05, 0) is 93.4 Å². The molecule has 318 valence electrons. The van der Waals surface area contributed by atoms with Gasteiger partial charge in [0, 0.05) is 60.2 Å². The van der Waals surface area contributed by atoms with Crippen molar-refractivity contribution in [2.75, 3.05) is 53.2 Å². The lowest BCUT2D eigenvalue weighted by Gasteiger charge is -2.33. The normalized spacial score (nSPS) is 21.5. The molecule has 3 N–H and O–H groups in total. The topological polar surface area (TPSA) is 163 Å². The average Bonchev–Trinajstić information content (AvgIpc) is 3.80. The van der Waals surface area contributed by atoms with Gasteiger partial charge in [0.05, 0.1) is 24.0 Å². The average molecular weight is 889 g/mol. The Balaban J connectivity index is 0.00000604. The highest BCUT2D eigenvalue weighted by molar-refractivity contribution is 7.81. The number of halogens is 5. The van der Waals surface area contributed by atoms with Gasteiger partial charge in [0.1, 0.15) is 30.0 Å². The number of benzene rings is 2. The number of nitriles is 1. The molecule has 20 heteroatoms. The molecule has 4 saturated heterocycles. The number of likely N-dealkylation sites (tertiary alicyclic amines) is 2.